The lowest BCUT2D eigenvalue weighted by atomic mass is 10.2. The Morgan fingerprint density at radius 3 is 2.68 bits per heavy atom. The summed E-state index contributed by atoms with van der Waals surface area (Å²) in [5.74, 6) is -0.949. The first kappa shape index (κ1) is 13.6. The minimum absolute atomic E-state index is 0.179. The van der Waals surface area contributed by atoms with Gasteiger partial charge in [0, 0.05) is 5.02 Å². The molecule has 0 radical (unpaired) electrons. The Bertz CT molecular complexity index is 622. The van der Waals surface area contributed by atoms with Crippen LogP contribution in [0.4, 0.5) is 10.2 Å². The number of carbonyl (C=O) groups is 1. The fourth-order valence-corrected chi connectivity index (χ4v) is 1.83. The molecule has 98 valence electrons. The minimum Gasteiger partial charge on any atom is -0.282 e. The molecular formula is C12H8Cl2FN3O. The summed E-state index contributed by atoms with van der Waals surface area (Å²) in [6, 6.07) is 8.66. The van der Waals surface area contributed by atoms with Crippen LogP contribution >= 0.6 is 23.2 Å². The fraction of sp³-hybridized carbons (Fsp3) is 0. The van der Waals surface area contributed by atoms with E-state index in [-0.39, 0.29) is 16.4 Å². The number of nitrogens with one attached hydrogen (secondary N) is 2. The maximum absolute atomic E-state index is 12.8. The van der Waals surface area contributed by atoms with Gasteiger partial charge in [0.15, 0.2) is 0 Å². The third kappa shape index (κ3) is 3.56. The number of nitrogens with zero attached hydrogens (tertiary/aromatic N) is 1. The number of amides is 1. The minimum atomic E-state index is -0.649. The van der Waals surface area contributed by atoms with Crippen LogP contribution in [-0.2, 0) is 0 Å². The lowest BCUT2D eigenvalue weighted by molar-refractivity contribution is 0.0962. The molecule has 7 heteroatoms. The monoisotopic (exact) mass is 299 g/mol. The van der Waals surface area contributed by atoms with Crippen LogP contribution in [-0.4, -0.2) is 10.9 Å². The first-order chi connectivity index (χ1) is 9.06. The number of rotatable bonds is 3. The quantitative estimate of drug-likeness (QED) is 0.675. The average Bonchev–Trinajstić information content (AvgIpc) is 2.36. The van der Waals surface area contributed by atoms with Crippen molar-refractivity contribution < 1.29 is 9.18 Å². The van der Waals surface area contributed by atoms with Crippen LogP contribution < -0.4 is 10.9 Å². The van der Waals surface area contributed by atoms with Crippen LogP contribution in [0.5, 0.6) is 0 Å². The van der Waals surface area contributed by atoms with Gasteiger partial charge in [0.05, 0.1) is 10.6 Å². The molecule has 2 aromatic rings. The molecule has 0 aliphatic heterocycles. The van der Waals surface area contributed by atoms with Crippen molar-refractivity contribution in [2.24, 2.45) is 0 Å². The highest BCUT2D eigenvalue weighted by Gasteiger charge is 2.10. The van der Waals surface area contributed by atoms with Gasteiger partial charge in [0.1, 0.15) is 5.82 Å². The predicted molar refractivity (Wildman–Crippen MR) is 71.7 cm³/mol. The molecule has 2 rings (SSSR count). The molecule has 0 aliphatic carbocycles. The molecule has 1 aromatic heterocycles. The van der Waals surface area contributed by atoms with Crippen LogP contribution in [0.15, 0.2) is 36.4 Å². The van der Waals surface area contributed by atoms with Gasteiger partial charge in [-0.25, -0.2) is 4.98 Å². The molecule has 0 fully saturated rings. The van der Waals surface area contributed by atoms with E-state index in [1.165, 1.54) is 30.3 Å². The molecule has 1 amide bonds. The van der Waals surface area contributed by atoms with Crippen LogP contribution in [0, 0.1) is 5.95 Å². The average molecular weight is 300 g/mol. The number of anilines is 1. The summed E-state index contributed by atoms with van der Waals surface area (Å²) in [5.41, 5.74) is 5.09. The topological polar surface area (TPSA) is 54.0 Å². The van der Waals surface area contributed by atoms with Crippen molar-refractivity contribution in [1.82, 2.24) is 10.4 Å². The number of aromatic nitrogens is 1. The Morgan fingerprint density at radius 1 is 1.21 bits per heavy atom. The standard InChI is InChI=1S/C12H8Cl2FN3O/c13-7-4-5-8(9(14)6-7)12(19)18-17-11-3-1-2-10(15)16-11/h1-6H,(H,16,17)(H,18,19). The number of hydrogen-bond donors (Lipinski definition) is 2. The van der Waals surface area contributed by atoms with E-state index in [1.807, 2.05) is 0 Å². The van der Waals surface area contributed by atoms with Crippen molar-refractivity contribution in [3.8, 4) is 0 Å². The molecule has 0 saturated heterocycles. The number of pyridine rings is 1. The zero-order valence-electron chi connectivity index (χ0n) is 9.45. The number of halogens is 3. The van der Waals surface area contributed by atoms with Gasteiger partial charge >= 0.3 is 0 Å². The maximum atomic E-state index is 12.8. The largest absolute Gasteiger partial charge is 0.282 e. The van der Waals surface area contributed by atoms with Crippen molar-refractivity contribution in [2.45, 2.75) is 0 Å². The lowest BCUT2D eigenvalue weighted by Gasteiger charge is -2.08. The van der Waals surface area contributed by atoms with Crippen molar-refractivity contribution in [2.75, 3.05) is 5.43 Å². The summed E-state index contributed by atoms with van der Waals surface area (Å²) in [6.45, 7) is 0. The Balaban J connectivity index is 2.05. The molecule has 0 bridgehead atoms. The van der Waals surface area contributed by atoms with Gasteiger partial charge in [-0.1, -0.05) is 29.3 Å². The zero-order valence-corrected chi connectivity index (χ0v) is 11.0. The molecule has 0 aliphatic rings. The third-order valence-corrected chi connectivity index (χ3v) is 2.74. The van der Waals surface area contributed by atoms with Crippen LogP contribution in [0.1, 0.15) is 10.4 Å². The Kier molecular flexibility index (Phi) is 4.19. The van der Waals surface area contributed by atoms with Gasteiger partial charge in [-0.05, 0) is 30.3 Å². The Hall–Kier alpha value is -1.85. The van der Waals surface area contributed by atoms with Gasteiger partial charge in [-0.2, -0.15) is 4.39 Å². The van der Waals surface area contributed by atoms with E-state index in [4.69, 9.17) is 23.2 Å². The van der Waals surface area contributed by atoms with Crippen LogP contribution in [0.3, 0.4) is 0 Å². The molecule has 1 aromatic carbocycles. The molecule has 0 atom stereocenters. The first-order valence-corrected chi connectivity index (χ1v) is 5.96. The van der Waals surface area contributed by atoms with E-state index in [1.54, 1.807) is 6.07 Å². The fourth-order valence-electron chi connectivity index (χ4n) is 1.34. The third-order valence-electron chi connectivity index (χ3n) is 2.19. The summed E-state index contributed by atoms with van der Waals surface area (Å²) < 4.78 is 12.8. The number of benzene rings is 1. The molecule has 19 heavy (non-hydrogen) atoms. The molecular weight excluding hydrogens is 292 g/mol. The van der Waals surface area contributed by atoms with Gasteiger partial charge in [0.25, 0.3) is 5.91 Å². The summed E-state index contributed by atoms with van der Waals surface area (Å²) >= 11 is 11.6. The molecule has 0 saturated carbocycles. The molecule has 4 nitrogen and oxygen atoms in total. The Morgan fingerprint density at radius 2 is 2.00 bits per heavy atom. The second kappa shape index (κ2) is 5.86. The molecule has 0 unspecified atom stereocenters. The van der Waals surface area contributed by atoms with Crippen LogP contribution in [0.25, 0.3) is 0 Å². The van der Waals surface area contributed by atoms with Crippen molar-refractivity contribution in [1.29, 1.82) is 0 Å². The first-order valence-electron chi connectivity index (χ1n) is 5.20. The SMILES string of the molecule is O=C(NNc1cccc(F)n1)c1ccc(Cl)cc1Cl. The van der Waals surface area contributed by atoms with Gasteiger partial charge < -0.3 is 0 Å². The second-order valence-corrected chi connectivity index (χ2v) is 4.39. The van der Waals surface area contributed by atoms with Gasteiger partial charge in [-0.3, -0.25) is 15.6 Å². The zero-order chi connectivity index (χ0) is 13.8. The molecule has 0 spiro atoms. The highest BCUT2D eigenvalue weighted by atomic mass is 35.5. The lowest BCUT2D eigenvalue weighted by Crippen LogP contribution is -2.30. The number of carbonyl (C=O) groups excluding carboxylic acids is 1. The maximum Gasteiger partial charge on any atom is 0.271 e. The predicted octanol–water partition coefficient (Wildman–Crippen LogP) is 3.28. The summed E-state index contributed by atoms with van der Waals surface area (Å²) in [5, 5.41) is 0.653. The Labute approximate surface area is 118 Å². The van der Waals surface area contributed by atoms with E-state index >= 15 is 0 Å². The van der Waals surface area contributed by atoms with E-state index in [9.17, 15) is 9.18 Å². The summed E-state index contributed by atoms with van der Waals surface area (Å²) in [7, 11) is 0. The molecule has 2 N–H and O–H groups in total. The van der Waals surface area contributed by atoms with Crippen molar-refractivity contribution in [3.05, 3.63) is 58.0 Å². The molecule has 1 heterocycles. The number of hydrogen-bond acceptors (Lipinski definition) is 3. The van der Waals surface area contributed by atoms with E-state index < -0.39 is 11.9 Å². The summed E-state index contributed by atoms with van der Waals surface area (Å²) in [6.07, 6.45) is 0. The van der Waals surface area contributed by atoms with E-state index in [0.717, 1.165) is 0 Å². The highest BCUT2D eigenvalue weighted by Crippen LogP contribution is 2.20. The van der Waals surface area contributed by atoms with Crippen LogP contribution in [0.2, 0.25) is 10.0 Å². The van der Waals surface area contributed by atoms with Gasteiger partial charge in [0.2, 0.25) is 5.95 Å². The van der Waals surface area contributed by atoms with Crippen molar-refractivity contribution in [3.63, 3.8) is 0 Å². The number of hydrazine groups is 1. The smallest absolute Gasteiger partial charge is 0.271 e. The van der Waals surface area contributed by atoms with Gasteiger partial charge in [-0.15, -0.1) is 0 Å². The van der Waals surface area contributed by atoms with E-state index in [2.05, 4.69) is 15.8 Å². The normalized spacial score (nSPS) is 10.1. The van der Waals surface area contributed by atoms with Crippen molar-refractivity contribution >= 4 is 34.9 Å². The highest BCUT2D eigenvalue weighted by molar-refractivity contribution is 6.36. The second-order valence-electron chi connectivity index (χ2n) is 3.55. The van der Waals surface area contributed by atoms with E-state index in [0.29, 0.717) is 5.02 Å². The summed E-state index contributed by atoms with van der Waals surface area (Å²) in [4.78, 5) is 15.3.